The minimum Gasteiger partial charge on any atom is -0.496 e. The van der Waals surface area contributed by atoms with Gasteiger partial charge in [-0.05, 0) is 31.9 Å². The molecule has 1 fully saturated rings. The summed E-state index contributed by atoms with van der Waals surface area (Å²) in [5, 5.41) is 0. The molecule has 1 saturated heterocycles. The molecule has 0 radical (unpaired) electrons. The molecule has 1 aromatic rings. The van der Waals surface area contributed by atoms with E-state index in [4.69, 9.17) is 9.47 Å². The normalized spacial score (nSPS) is 15.7. The molecule has 0 atom stereocenters. The summed E-state index contributed by atoms with van der Waals surface area (Å²) in [4.78, 5) is 25.7. The fourth-order valence-corrected chi connectivity index (χ4v) is 2.67. The average molecular weight is 317 g/mol. The highest BCUT2D eigenvalue weighted by atomic mass is 16.5. The van der Waals surface area contributed by atoms with Crippen LogP contribution in [0.4, 0.5) is 0 Å². The number of rotatable bonds is 5. The first-order valence-electron chi connectivity index (χ1n) is 7.92. The number of hydrogen-bond acceptors (Lipinski definition) is 4. The molecule has 0 aromatic heterocycles. The second kappa shape index (κ2) is 8.36. The number of carbonyl (C=O) groups is 2. The number of carbonyl (C=O) groups excluding carboxylic acids is 2. The molecule has 1 aromatic carbocycles. The Morgan fingerprint density at radius 2 is 1.96 bits per heavy atom. The maximum atomic E-state index is 12.3. The number of likely N-dealkylation sites (tertiary alicyclic amines) is 1. The van der Waals surface area contributed by atoms with Crippen LogP contribution in [0, 0.1) is 5.92 Å². The Bertz CT molecular complexity index is 574. The number of methoxy groups -OCH3 is 1. The maximum Gasteiger partial charge on any atom is 0.309 e. The smallest absolute Gasteiger partial charge is 0.309 e. The molecule has 5 heteroatoms. The first kappa shape index (κ1) is 17.1. The molecule has 1 amide bonds. The fraction of sp³-hybridized carbons (Fsp3) is 0.444. The Labute approximate surface area is 136 Å². The van der Waals surface area contributed by atoms with Crippen LogP contribution in [0.15, 0.2) is 30.3 Å². The van der Waals surface area contributed by atoms with Gasteiger partial charge in [0.15, 0.2) is 0 Å². The number of para-hydroxylation sites is 1. The highest BCUT2D eigenvalue weighted by Crippen LogP contribution is 2.21. The largest absolute Gasteiger partial charge is 0.496 e. The van der Waals surface area contributed by atoms with E-state index in [1.54, 1.807) is 31.1 Å². The quantitative estimate of drug-likeness (QED) is 0.618. The van der Waals surface area contributed by atoms with Gasteiger partial charge >= 0.3 is 5.97 Å². The lowest BCUT2D eigenvalue weighted by Crippen LogP contribution is -2.39. The second-order valence-electron chi connectivity index (χ2n) is 5.43. The minimum absolute atomic E-state index is 0.0433. The molecule has 5 nitrogen and oxygen atoms in total. The molecule has 0 spiro atoms. The number of nitrogens with zero attached hydrogens (tertiary/aromatic N) is 1. The molecule has 0 unspecified atom stereocenters. The van der Waals surface area contributed by atoms with E-state index in [2.05, 4.69) is 0 Å². The van der Waals surface area contributed by atoms with Crippen LogP contribution in [-0.4, -0.2) is 43.6 Å². The zero-order valence-electron chi connectivity index (χ0n) is 13.7. The van der Waals surface area contributed by atoms with E-state index in [9.17, 15) is 9.59 Å². The SMILES string of the molecule is CCOC(=O)C1CCN(C(=O)C=Cc2ccccc2OC)CC1. The van der Waals surface area contributed by atoms with E-state index in [-0.39, 0.29) is 17.8 Å². The van der Waals surface area contributed by atoms with E-state index in [1.807, 2.05) is 24.3 Å². The highest BCUT2D eigenvalue weighted by Gasteiger charge is 2.27. The van der Waals surface area contributed by atoms with Gasteiger partial charge in [-0.3, -0.25) is 9.59 Å². The average Bonchev–Trinajstić information content (AvgIpc) is 2.60. The molecule has 0 N–H and O–H groups in total. The summed E-state index contributed by atoms with van der Waals surface area (Å²) in [6, 6.07) is 7.54. The van der Waals surface area contributed by atoms with Gasteiger partial charge in [-0.25, -0.2) is 0 Å². The van der Waals surface area contributed by atoms with Crippen LogP contribution in [-0.2, 0) is 14.3 Å². The molecule has 0 bridgehead atoms. The molecular weight excluding hydrogens is 294 g/mol. The number of amides is 1. The van der Waals surface area contributed by atoms with Gasteiger partial charge < -0.3 is 14.4 Å². The van der Waals surface area contributed by atoms with E-state index < -0.39 is 0 Å². The van der Waals surface area contributed by atoms with Crippen molar-refractivity contribution in [1.82, 2.24) is 4.90 Å². The van der Waals surface area contributed by atoms with Gasteiger partial charge in [-0.15, -0.1) is 0 Å². The summed E-state index contributed by atoms with van der Waals surface area (Å²) < 4.78 is 10.3. The molecule has 2 rings (SSSR count). The van der Waals surface area contributed by atoms with E-state index in [0.29, 0.717) is 32.5 Å². The van der Waals surface area contributed by atoms with Crippen molar-refractivity contribution in [3.8, 4) is 5.75 Å². The monoisotopic (exact) mass is 317 g/mol. The highest BCUT2D eigenvalue weighted by molar-refractivity contribution is 5.92. The molecule has 1 aliphatic heterocycles. The number of esters is 1. The van der Waals surface area contributed by atoms with Gasteiger partial charge in [-0.1, -0.05) is 18.2 Å². The third-order valence-corrected chi connectivity index (χ3v) is 3.97. The Balaban J connectivity index is 1.90. The molecule has 1 aliphatic rings. The van der Waals surface area contributed by atoms with Crippen molar-refractivity contribution in [2.45, 2.75) is 19.8 Å². The fourth-order valence-electron chi connectivity index (χ4n) is 2.67. The lowest BCUT2D eigenvalue weighted by atomic mass is 9.97. The maximum absolute atomic E-state index is 12.3. The van der Waals surface area contributed by atoms with Gasteiger partial charge in [0.2, 0.25) is 5.91 Å². The van der Waals surface area contributed by atoms with E-state index in [1.165, 1.54) is 0 Å². The number of piperidine rings is 1. The lowest BCUT2D eigenvalue weighted by Gasteiger charge is -2.30. The lowest BCUT2D eigenvalue weighted by molar-refractivity contribution is -0.150. The number of hydrogen-bond donors (Lipinski definition) is 0. The Kier molecular flexibility index (Phi) is 6.20. The Hall–Kier alpha value is -2.30. The summed E-state index contributed by atoms with van der Waals surface area (Å²) in [5.41, 5.74) is 0.866. The van der Waals surface area contributed by atoms with Crippen molar-refractivity contribution >= 4 is 18.0 Å². The summed E-state index contributed by atoms with van der Waals surface area (Å²) in [6.45, 7) is 3.37. The molecule has 0 aliphatic carbocycles. The van der Waals surface area contributed by atoms with Crippen molar-refractivity contribution in [2.24, 2.45) is 5.92 Å². The van der Waals surface area contributed by atoms with E-state index >= 15 is 0 Å². The van der Waals surface area contributed by atoms with Crippen molar-refractivity contribution < 1.29 is 19.1 Å². The second-order valence-corrected chi connectivity index (χ2v) is 5.43. The Morgan fingerprint density at radius 1 is 1.26 bits per heavy atom. The summed E-state index contributed by atoms with van der Waals surface area (Å²) in [6.07, 6.45) is 4.64. The number of ether oxygens (including phenoxy) is 2. The van der Waals surface area contributed by atoms with Crippen LogP contribution in [0.3, 0.4) is 0 Å². The third kappa shape index (κ3) is 4.58. The van der Waals surface area contributed by atoms with Crippen LogP contribution in [0.1, 0.15) is 25.3 Å². The van der Waals surface area contributed by atoms with E-state index in [0.717, 1.165) is 11.3 Å². The first-order valence-corrected chi connectivity index (χ1v) is 7.92. The van der Waals surface area contributed by atoms with Crippen LogP contribution in [0.2, 0.25) is 0 Å². The number of benzene rings is 1. The zero-order chi connectivity index (χ0) is 16.7. The standard InChI is InChI=1S/C18H23NO4/c1-3-23-18(21)15-10-12-19(13-11-15)17(20)9-8-14-6-4-5-7-16(14)22-2/h4-9,15H,3,10-13H2,1-2H3. The van der Waals surface area contributed by atoms with Gasteiger partial charge in [0.25, 0.3) is 0 Å². The van der Waals surface area contributed by atoms with Crippen LogP contribution < -0.4 is 4.74 Å². The topological polar surface area (TPSA) is 55.8 Å². The van der Waals surface area contributed by atoms with Gasteiger partial charge in [0.05, 0.1) is 19.6 Å². The van der Waals surface area contributed by atoms with Gasteiger partial charge in [0.1, 0.15) is 5.75 Å². The van der Waals surface area contributed by atoms with Crippen molar-refractivity contribution in [2.75, 3.05) is 26.8 Å². The summed E-state index contributed by atoms with van der Waals surface area (Å²) in [5.74, 6) is 0.456. The predicted molar refractivity (Wildman–Crippen MR) is 88.0 cm³/mol. The van der Waals surface area contributed by atoms with Crippen LogP contribution in [0.5, 0.6) is 5.75 Å². The summed E-state index contributed by atoms with van der Waals surface area (Å²) >= 11 is 0. The first-order chi connectivity index (χ1) is 11.2. The Morgan fingerprint density at radius 3 is 2.61 bits per heavy atom. The van der Waals surface area contributed by atoms with Gasteiger partial charge in [-0.2, -0.15) is 0 Å². The molecule has 1 heterocycles. The minimum atomic E-state index is -0.149. The molecular formula is C18H23NO4. The third-order valence-electron chi connectivity index (χ3n) is 3.97. The zero-order valence-corrected chi connectivity index (χ0v) is 13.7. The van der Waals surface area contributed by atoms with Crippen LogP contribution in [0.25, 0.3) is 6.08 Å². The molecule has 23 heavy (non-hydrogen) atoms. The molecule has 0 saturated carbocycles. The summed E-state index contributed by atoms with van der Waals surface area (Å²) in [7, 11) is 1.61. The predicted octanol–water partition coefficient (Wildman–Crippen LogP) is 2.51. The van der Waals surface area contributed by atoms with Crippen molar-refractivity contribution in [3.63, 3.8) is 0 Å². The van der Waals surface area contributed by atoms with Crippen molar-refractivity contribution in [3.05, 3.63) is 35.9 Å². The van der Waals surface area contributed by atoms with Crippen LogP contribution >= 0.6 is 0 Å². The van der Waals surface area contributed by atoms with Gasteiger partial charge in [0, 0.05) is 24.7 Å². The van der Waals surface area contributed by atoms with Crippen molar-refractivity contribution in [1.29, 1.82) is 0 Å². The molecule has 124 valence electrons.